The van der Waals surface area contributed by atoms with Crippen LogP contribution >= 0.6 is 0 Å². The quantitative estimate of drug-likeness (QED) is 0.570. The molecule has 29 heavy (non-hydrogen) atoms. The van der Waals surface area contributed by atoms with Crippen molar-refractivity contribution < 1.29 is 29.0 Å². The SMILES string of the molecule is COC(=O)C(Cc1ccc(O)cc1)NC(=O)C(CC(C)C)NC(=O)OC(C)(C)C. The molecular formula is C21H32N2O6. The van der Waals surface area contributed by atoms with E-state index in [9.17, 15) is 19.5 Å². The van der Waals surface area contributed by atoms with Crippen molar-refractivity contribution in [3.05, 3.63) is 29.8 Å². The number of amides is 2. The van der Waals surface area contributed by atoms with Crippen LogP contribution in [0.25, 0.3) is 0 Å². The largest absolute Gasteiger partial charge is 0.508 e. The van der Waals surface area contributed by atoms with Crippen LogP contribution in [-0.2, 0) is 25.5 Å². The molecule has 8 heteroatoms. The lowest BCUT2D eigenvalue weighted by atomic mass is 10.0. The maximum absolute atomic E-state index is 12.8. The number of benzene rings is 1. The molecule has 3 N–H and O–H groups in total. The maximum Gasteiger partial charge on any atom is 0.408 e. The lowest BCUT2D eigenvalue weighted by Gasteiger charge is -2.25. The highest BCUT2D eigenvalue weighted by atomic mass is 16.6. The Morgan fingerprint density at radius 1 is 1.03 bits per heavy atom. The highest BCUT2D eigenvalue weighted by Crippen LogP contribution is 2.13. The molecule has 0 saturated heterocycles. The van der Waals surface area contributed by atoms with Crippen molar-refractivity contribution in [2.75, 3.05) is 7.11 Å². The van der Waals surface area contributed by atoms with Crippen molar-refractivity contribution >= 4 is 18.0 Å². The maximum atomic E-state index is 12.8. The topological polar surface area (TPSA) is 114 Å². The van der Waals surface area contributed by atoms with Crippen molar-refractivity contribution in [1.29, 1.82) is 0 Å². The Morgan fingerprint density at radius 2 is 1.62 bits per heavy atom. The smallest absolute Gasteiger partial charge is 0.408 e. The monoisotopic (exact) mass is 408 g/mol. The van der Waals surface area contributed by atoms with Crippen LogP contribution in [0.5, 0.6) is 5.75 Å². The lowest BCUT2D eigenvalue weighted by Crippen LogP contribution is -2.53. The van der Waals surface area contributed by atoms with E-state index in [4.69, 9.17) is 9.47 Å². The number of hydrogen-bond acceptors (Lipinski definition) is 6. The van der Waals surface area contributed by atoms with E-state index in [1.54, 1.807) is 32.9 Å². The predicted octanol–water partition coefficient (Wildman–Crippen LogP) is 2.53. The summed E-state index contributed by atoms with van der Waals surface area (Å²) >= 11 is 0. The second kappa shape index (κ2) is 10.7. The second-order valence-corrected chi connectivity index (χ2v) is 8.28. The van der Waals surface area contributed by atoms with Gasteiger partial charge in [0.05, 0.1) is 7.11 Å². The highest BCUT2D eigenvalue weighted by Gasteiger charge is 2.29. The molecular weight excluding hydrogens is 376 g/mol. The van der Waals surface area contributed by atoms with Gasteiger partial charge < -0.3 is 25.2 Å². The van der Waals surface area contributed by atoms with Gasteiger partial charge in [0.15, 0.2) is 0 Å². The van der Waals surface area contributed by atoms with Gasteiger partial charge in [-0.1, -0.05) is 26.0 Å². The molecule has 0 aliphatic heterocycles. The third-order valence-electron chi connectivity index (χ3n) is 3.89. The minimum Gasteiger partial charge on any atom is -0.508 e. The molecule has 1 rings (SSSR count). The van der Waals surface area contributed by atoms with Gasteiger partial charge in [0.1, 0.15) is 23.4 Å². The molecule has 0 fully saturated rings. The van der Waals surface area contributed by atoms with Crippen LogP contribution in [0.3, 0.4) is 0 Å². The van der Waals surface area contributed by atoms with E-state index >= 15 is 0 Å². The van der Waals surface area contributed by atoms with Crippen LogP contribution in [0.15, 0.2) is 24.3 Å². The summed E-state index contributed by atoms with van der Waals surface area (Å²) in [5.74, 6) is -0.883. The fourth-order valence-electron chi connectivity index (χ4n) is 2.63. The van der Waals surface area contributed by atoms with Crippen LogP contribution in [0.4, 0.5) is 4.79 Å². The predicted molar refractivity (Wildman–Crippen MR) is 108 cm³/mol. The van der Waals surface area contributed by atoms with Gasteiger partial charge in [-0.25, -0.2) is 9.59 Å². The number of methoxy groups -OCH3 is 1. The summed E-state index contributed by atoms with van der Waals surface area (Å²) in [5.41, 5.74) is 0.0371. The van der Waals surface area contributed by atoms with E-state index in [0.717, 1.165) is 5.56 Å². The van der Waals surface area contributed by atoms with Gasteiger partial charge in [-0.05, 0) is 50.8 Å². The van der Waals surface area contributed by atoms with Crippen LogP contribution in [0, 0.1) is 5.92 Å². The first-order valence-corrected chi connectivity index (χ1v) is 9.57. The highest BCUT2D eigenvalue weighted by molar-refractivity contribution is 5.89. The molecule has 2 amide bonds. The van der Waals surface area contributed by atoms with Gasteiger partial charge in [0, 0.05) is 6.42 Å². The first kappa shape index (κ1) is 24.3. The van der Waals surface area contributed by atoms with Gasteiger partial charge in [-0.2, -0.15) is 0 Å². The summed E-state index contributed by atoms with van der Waals surface area (Å²) < 4.78 is 10.0. The third-order valence-corrected chi connectivity index (χ3v) is 3.89. The Hall–Kier alpha value is -2.77. The fourth-order valence-corrected chi connectivity index (χ4v) is 2.63. The number of ether oxygens (including phenoxy) is 2. The van der Waals surface area contributed by atoms with Gasteiger partial charge in [-0.15, -0.1) is 0 Å². The number of rotatable bonds is 8. The van der Waals surface area contributed by atoms with Crippen molar-refractivity contribution in [2.45, 2.75) is 65.1 Å². The molecule has 8 nitrogen and oxygen atoms in total. The number of esters is 1. The Morgan fingerprint density at radius 3 is 2.10 bits per heavy atom. The van der Waals surface area contributed by atoms with Crippen LogP contribution in [0.1, 0.15) is 46.6 Å². The number of phenols is 1. The van der Waals surface area contributed by atoms with Gasteiger partial charge in [0.25, 0.3) is 0 Å². The normalized spacial score (nSPS) is 13.3. The van der Waals surface area contributed by atoms with E-state index in [2.05, 4.69) is 10.6 Å². The molecule has 0 bridgehead atoms. The fraction of sp³-hybridized carbons (Fsp3) is 0.571. The summed E-state index contributed by atoms with van der Waals surface area (Å²) in [6.07, 6.45) is -0.149. The summed E-state index contributed by atoms with van der Waals surface area (Å²) in [7, 11) is 1.24. The van der Waals surface area contributed by atoms with Crippen molar-refractivity contribution in [2.24, 2.45) is 5.92 Å². The third kappa shape index (κ3) is 9.32. The molecule has 2 unspecified atom stereocenters. The molecule has 1 aromatic rings. The van der Waals surface area contributed by atoms with Gasteiger partial charge >= 0.3 is 12.1 Å². The molecule has 0 spiro atoms. The number of phenolic OH excluding ortho intramolecular Hbond substituents is 1. The number of alkyl carbamates (subject to hydrolysis) is 1. The van der Waals surface area contributed by atoms with E-state index in [-0.39, 0.29) is 18.1 Å². The zero-order chi connectivity index (χ0) is 22.2. The molecule has 0 aliphatic rings. The molecule has 2 atom stereocenters. The average molecular weight is 408 g/mol. The molecule has 0 heterocycles. The van der Waals surface area contributed by atoms with Crippen molar-refractivity contribution in [3.8, 4) is 5.75 Å². The Bertz CT molecular complexity index is 694. The van der Waals surface area contributed by atoms with E-state index in [1.807, 2.05) is 13.8 Å². The first-order valence-electron chi connectivity index (χ1n) is 9.57. The number of aromatic hydroxyl groups is 1. The summed E-state index contributed by atoms with van der Waals surface area (Å²) in [6, 6.07) is 4.50. The van der Waals surface area contributed by atoms with Gasteiger partial charge in [0.2, 0.25) is 5.91 Å². The van der Waals surface area contributed by atoms with E-state index in [1.165, 1.54) is 19.2 Å². The zero-order valence-corrected chi connectivity index (χ0v) is 17.9. The minimum atomic E-state index is -0.938. The van der Waals surface area contributed by atoms with E-state index < -0.39 is 35.7 Å². The number of carbonyl (C=O) groups excluding carboxylic acids is 3. The van der Waals surface area contributed by atoms with Gasteiger partial charge in [-0.3, -0.25) is 4.79 Å². The standard InChI is InChI=1S/C21H32N2O6/c1-13(2)11-16(23-20(27)29-21(3,4)5)18(25)22-17(19(26)28-6)12-14-7-9-15(24)10-8-14/h7-10,13,16-17,24H,11-12H2,1-6H3,(H,22,25)(H,23,27). The number of carbonyl (C=O) groups is 3. The average Bonchev–Trinajstić information content (AvgIpc) is 2.59. The molecule has 0 radical (unpaired) electrons. The molecule has 0 aliphatic carbocycles. The molecule has 0 saturated carbocycles. The zero-order valence-electron chi connectivity index (χ0n) is 17.9. The molecule has 162 valence electrons. The van der Waals surface area contributed by atoms with E-state index in [0.29, 0.717) is 6.42 Å². The Kier molecular flexibility index (Phi) is 8.94. The lowest BCUT2D eigenvalue weighted by molar-refractivity contribution is -0.145. The Labute approximate surface area is 172 Å². The minimum absolute atomic E-state index is 0.103. The number of hydrogen-bond donors (Lipinski definition) is 3. The Balaban J connectivity index is 2.91. The summed E-state index contributed by atoms with van der Waals surface area (Å²) in [6.45, 7) is 9.04. The molecule has 1 aromatic carbocycles. The first-order chi connectivity index (χ1) is 13.4. The summed E-state index contributed by atoms with van der Waals surface area (Å²) in [5, 5.41) is 14.6. The van der Waals surface area contributed by atoms with Crippen LogP contribution in [-0.4, -0.2) is 47.9 Å². The molecule has 0 aromatic heterocycles. The van der Waals surface area contributed by atoms with Crippen LogP contribution in [0.2, 0.25) is 0 Å². The van der Waals surface area contributed by atoms with Crippen LogP contribution < -0.4 is 10.6 Å². The second-order valence-electron chi connectivity index (χ2n) is 8.28. The number of nitrogens with one attached hydrogen (secondary N) is 2. The van der Waals surface area contributed by atoms with Crippen molar-refractivity contribution in [1.82, 2.24) is 10.6 Å². The van der Waals surface area contributed by atoms with Crippen molar-refractivity contribution in [3.63, 3.8) is 0 Å². The summed E-state index contributed by atoms with van der Waals surface area (Å²) in [4.78, 5) is 37.1.